The van der Waals surface area contributed by atoms with Crippen LogP contribution in [0.3, 0.4) is 0 Å². The lowest BCUT2D eigenvalue weighted by atomic mass is 10.3. The van der Waals surface area contributed by atoms with Crippen molar-refractivity contribution in [2.75, 3.05) is 10.5 Å². The van der Waals surface area contributed by atoms with Gasteiger partial charge in [0.25, 0.3) is 10.0 Å². The molecule has 0 spiro atoms. The number of nitrogen functional groups attached to an aromatic ring is 1. The Labute approximate surface area is 130 Å². The topological polar surface area (TPSA) is 85.1 Å². The molecule has 1 aromatic heterocycles. The lowest BCUT2D eigenvalue weighted by molar-refractivity contribution is 0.601. The first-order valence-electron chi connectivity index (χ1n) is 5.49. The summed E-state index contributed by atoms with van der Waals surface area (Å²) in [6.07, 6.45) is 1.53. The highest BCUT2D eigenvalue weighted by Gasteiger charge is 2.16. The van der Waals surface area contributed by atoms with Crippen LogP contribution in [0.1, 0.15) is 5.56 Å². The molecule has 3 N–H and O–H groups in total. The van der Waals surface area contributed by atoms with Gasteiger partial charge in [0.15, 0.2) is 0 Å². The number of aromatic nitrogens is 1. The highest BCUT2D eigenvalue weighted by atomic mass is 79.9. The molecule has 0 radical (unpaired) electrons. The van der Waals surface area contributed by atoms with E-state index in [0.717, 1.165) is 10.0 Å². The number of hydrogen-bond donors (Lipinski definition) is 2. The standard InChI is InChI=1S/C12H11BrClN3O2S/c1-7-4-12(16-6-9(7)13)17-20(18,19)8-2-3-10(14)11(15)5-8/h2-6H,15H2,1H3,(H,16,17). The summed E-state index contributed by atoms with van der Waals surface area (Å²) in [5.41, 5.74) is 6.68. The van der Waals surface area contributed by atoms with Crippen molar-refractivity contribution in [1.82, 2.24) is 4.98 Å². The van der Waals surface area contributed by atoms with E-state index in [2.05, 4.69) is 25.6 Å². The SMILES string of the molecule is Cc1cc(NS(=O)(=O)c2ccc(Cl)c(N)c2)ncc1Br. The van der Waals surface area contributed by atoms with E-state index >= 15 is 0 Å². The van der Waals surface area contributed by atoms with E-state index in [-0.39, 0.29) is 16.4 Å². The number of nitrogens with zero attached hydrogens (tertiary/aromatic N) is 1. The molecule has 0 unspecified atom stereocenters. The summed E-state index contributed by atoms with van der Waals surface area (Å²) in [7, 11) is -3.75. The van der Waals surface area contributed by atoms with Gasteiger partial charge < -0.3 is 5.73 Å². The minimum atomic E-state index is -3.75. The van der Waals surface area contributed by atoms with Crippen LogP contribution < -0.4 is 10.5 Å². The second-order valence-corrected chi connectivity index (χ2v) is 7.05. The predicted molar refractivity (Wildman–Crippen MR) is 83.3 cm³/mol. The monoisotopic (exact) mass is 375 g/mol. The van der Waals surface area contributed by atoms with E-state index in [1.807, 2.05) is 6.92 Å². The van der Waals surface area contributed by atoms with Crippen molar-refractivity contribution in [1.29, 1.82) is 0 Å². The summed E-state index contributed by atoms with van der Waals surface area (Å²) in [5, 5.41) is 0.307. The Morgan fingerprint density at radius 2 is 2.05 bits per heavy atom. The van der Waals surface area contributed by atoms with Gasteiger partial charge >= 0.3 is 0 Å². The Kier molecular flexibility index (Phi) is 4.22. The number of pyridine rings is 1. The third kappa shape index (κ3) is 3.23. The van der Waals surface area contributed by atoms with Gasteiger partial charge in [0, 0.05) is 10.7 Å². The number of hydrogen-bond acceptors (Lipinski definition) is 4. The van der Waals surface area contributed by atoms with Crippen LogP contribution in [-0.2, 0) is 10.0 Å². The summed E-state index contributed by atoms with van der Waals surface area (Å²) in [4.78, 5) is 4.02. The average molecular weight is 377 g/mol. The molecular formula is C12H11BrClN3O2S. The molecule has 0 aliphatic carbocycles. The third-order valence-electron chi connectivity index (χ3n) is 2.56. The van der Waals surface area contributed by atoms with Crippen molar-refractivity contribution in [2.24, 2.45) is 0 Å². The van der Waals surface area contributed by atoms with Gasteiger partial charge in [-0.2, -0.15) is 0 Å². The molecule has 106 valence electrons. The molecule has 2 aromatic rings. The molecule has 0 bridgehead atoms. The molecule has 20 heavy (non-hydrogen) atoms. The van der Waals surface area contributed by atoms with Gasteiger partial charge in [0.2, 0.25) is 0 Å². The minimum absolute atomic E-state index is 0.0294. The summed E-state index contributed by atoms with van der Waals surface area (Å²) in [5.74, 6) is 0.235. The maximum atomic E-state index is 12.2. The van der Waals surface area contributed by atoms with Crippen LogP contribution in [0.15, 0.2) is 39.8 Å². The third-order valence-corrected chi connectivity index (χ3v) is 5.09. The number of anilines is 2. The zero-order chi connectivity index (χ0) is 14.9. The maximum absolute atomic E-state index is 12.2. The predicted octanol–water partition coefficient (Wildman–Crippen LogP) is 3.19. The quantitative estimate of drug-likeness (QED) is 0.806. The highest BCUT2D eigenvalue weighted by molar-refractivity contribution is 9.10. The molecule has 0 amide bonds. The van der Waals surface area contributed by atoms with Crippen LogP contribution in [0.25, 0.3) is 0 Å². The van der Waals surface area contributed by atoms with E-state index < -0.39 is 10.0 Å². The van der Waals surface area contributed by atoms with Crippen LogP contribution in [0, 0.1) is 6.92 Å². The smallest absolute Gasteiger partial charge is 0.263 e. The molecule has 0 atom stereocenters. The molecule has 0 saturated carbocycles. The fourth-order valence-electron chi connectivity index (χ4n) is 1.48. The summed E-state index contributed by atoms with van der Waals surface area (Å²) in [6.45, 7) is 1.84. The minimum Gasteiger partial charge on any atom is -0.397 e. The number of nitrogens with one attached hydrogen (secondary N) is 1. The first-order chi connectivity index (χ1) is 9.29. The first-order valence-corrected chi connectivity index (χ1v) is 8.15. The van der Waals surface area contributed by atoms with Crippen LogP contribution in [0.5, 0.6) is 0 Å². The van der Waals surface area contributed by atoms with Gasteiger partial charge in [-0.3, -0.25) is 4.72 Å². The van der Waals surface area contributed by atoms with E-state index in [1.165, 1.54) is 24.4 Å². The molecule has 1 aromatic carbocycles. The second kappa shape index (κ2) is 5.59. The summed E-state index contributed by atoms with van der Waals surface area (Å²) in [6, 6.07) is 5.75. The summed E-state index contributed by atoms with van der Waals surface area (Å²) < 4.78 is 27.6. The molecule has 2 rings (SSSR count). The van der Waals surface area contributed by atoms with E-state index in [9.17, 15) is 8.42 Å². The molecule has 5 nitrogen and oxygen atoms in total. The van der Waals surface area contributed by atoms with Crippen molar-refractivity contribution in [2.45, 2.75) is 11.8 Å². The molecule has 0 fully saturated rings. The largest absolute Gasteiger partial charge is 0.397 e. The summed E-state index contributed by atoms with van der Waals surface area (Å²) >= 11 is 9.07. The molecule has 0 aliphatic heterocycles. The highest BCUT2D eigenvalue weighted by Crippen LogP contribution is 2.24. The zero-order valence-corrected chi connectivity index (χ0v) is 13.6. The van der Waals surface area contributed by atoms with Crippen LogP contribution in [0.4, 0.5) is 11.5 Å². The number of aryl methyl sites for hydroxylation is 1. The van der Waals surface area contributed by atoms with Crippen LogP contribution >= 0.6 is 27.5 Å². The van der Waals surface area contributed by atoms with Crippen molar-refractivity contribution in [3.63, 3.8) is 0 Å². The van der Waals surface area contributed by atoms with Gasteiger partial charge in [0.1, 0.15) is 5.82 Å². The maximum Gasteiger partial charge on any atom is 0.263 e. The van der Waals surface area contributed by atoms with E-state index in [1.54, 1.807) is 6.07 Å². The van der Waals surface area contributed by atoms with Gasteiger partial charge in [0.05, 0.1) is 15.6 Å². The second-order valence-electron chi connectivity index (χ2n) is 4.11. The van der Waals surface area contributed by atoms with Crippen LogP contribution in [-0.4, -0.2) is 13.4 Å². The van der Waals surface area contributed by atoms with Crippen molar-refractivity contribution in [3.05, 3.63) is 45.5 Å². The average Bonchev–Trinajstić information content (AvgIpc) is 2.37. The van der Waals surface area contributed by atoms with Gasteiger partial charge in [-0.05, 0) is 52.7 Å². The first kappa shape index (κ1) is 15.1. The Balaban J connectivity index is 2.35. The van der Waals surface area contributed by atoms with Crippen molar-refractivity contribution in [3.8, 4) is 0 Å². The zero-order valence-electron chi connectivity index (χ0n) is 10.4. The number of rotatable bonds is 3. The van der Waals surface area contributed by atoms with Gasteiger partial charge in [-0.15, -0.1) is 0 Å². The normalized spacial score (nSPS) is 11.3. The molecular weight excluding hydrogens is 366 g/mol. The lowest BCUT2D eigenvalue weighted by Gasteiger charge is -2.09. The Hall–Kier alpha value is -1.31. The van der Waals surface area contributed by atoms with Crippen molar-refractivity contribution >= 4 is 49.1 Å². The Morgan fingerprint density at radius 3 is 2.65 bits per heavy atom. The number of sulfonamides is 1. The van der Waals surface area contributed by atoms with Gasteiger partial charge in [-0.1, -0.05) is 11.6 Å². The Bertz CT molecular complexity index is 765. The number of nitrogens with two attached hydrogens (primary N) is 1. The van der Waals surface area contributed by atoms with E-state index in [0.29, 0.717) is 5.02 Å². The molecule has 0 saturated heterocycles. The molecule has 0 aliphatic rings. The Morgan fingerprint density at radius 1 is 1.35 bits per heavy atom. The van der Waals surface area contributed by atoms with Gasteiger partial charge in [-0.25, -0.2) is 13.4 Å². The lowest BCUT2D eigenvalue weighted by Crippen LogP contribution is -2.14. The van der Waals surface area contributed by atoms with Crippen molar-refractivity contribution < 1.29 is 8.42 Å². The fraction of sp³-hybridized carbons (Fsp3) is 0.0833. The number of halogens is 2. The fourth-order valence-corrected chi connectivity index (χ4v) is 2.85. The molecule has 8 heteroatoms. The van der Waals surface area contributed by atoms with Crippen LogP contribution in [0.2, 0.25) is 5.02 Å². The van der Waals surface area contributed by atoms with E-state index in [4.69, 9.17) is 17.3 Å². The number of benzene rings is 1. The molecule has 1 heterocycles.